The zero-order chi connectivity index (χ0) is 13.8. The molecule has 0 unspecified atom stereocenters. The summed E-state index contributed by atoms with van der Waals surface area (Å²) in [6.07, 6.45) is 2.42. The highest BCUT2D eigenvalue weighted by molar-refractivity contribution is 9.10. The molecule has 0 aliphatic carbocycles. The van der Waals surface area contributed by atoms with Crippen molar-refractivity contribution in [3.8, 4) is 0 Å². The minimum atomic E-state index is 0.570. The van der Waals surface area contributed by atoms with Crippen molar-refractivity contribution in [3.63, 3.8) is 0 Å². The van der Waals surface area contributed by atoms with E-state index in [2.05, 4.69) is 40.0 Å². The van der Waals surface area contributed by atoms with Crippen molar-refractivity contribution in [2.45, 2.75) is 32.7 Å². The van der Waals surface area contributed by atoms with Crippen LogP contribution in [0, 0.1) is 5.92 Å². The van der Waals surface area contributed by atoms with Gasteiger partial charge >= 0.3 is 0 Å². The Kier molecular flexibility index (Phi) is 5.55. The van der Waals surface area contributed by atoms with Crippen LogP contribution >= 0.6 is 27.5 Å². The number of nitrogens with zero attached hydrogens (tertiary/aromatic N) is 1. The summed E-state index contributed by atoms with van der Waals surface area (Å²) in [5.74, 6) is 0.759. The highest BCUT2D eigenvalue weighted by atomic mass is 79.9. The molecule has 0 spiro atoms. The molecule has 1 aromatic carbocycles. The van der Waals surface area contributed by atoms with Gasteiger partial charge in [0.05, 0.1) is 0 Å². The van der Waals surface area contributed by atoms with E-state index in [1.807, 2.05) is 18.2 Å². The number of piperidine rings is 1. The van der Waals surface area contributed by atoms with Gasteiger partial charge in [0.15, 0.2) is 0 Å². The molecule has 1 fully saturated rings. The summed E-state index contributed by atoms with van der Waals surface area (Å²) in [5.41, 5.74) is 1.15. The molecule has 0 aromatic heterocycles. The molecule has 19 heavy (non-hydrogen) atoms. The van der Waals surface area contributed by atoms with E-state index in [9.17, 15) is 0 Å². The topological polar surface area (TPSA) is 15.3 Å². The largest absolute Gasteiger partial charge is 0.381 e. The van der Waals surface area contributed by atoms with Gasteiger partial charge in [0.25, 0.3) is 0 Å². The number of halogens is 2. The minimum absolute atomic E-state index is 0.570. The molecular weight excluding hydrogens is 324 g/mol. The summed E-state index contributed by atoms with van der Waals surface area (Å²) in [4.78, 5) is 2.57. The van der Waals surface area contributed by atoms with Gasteiger partial charge in [-0.05, 0) is 52.9 Å². The Morgan fingerprint density at radius 1 is 1.37 bits per heavy atom. The number of hydrogen-bond acceptors (Lipinski definition) is 2. The Balaban J connectivity index is 1.85. The van der Waals surface area contributed by atoms with Crippen LogP contribution in [0.5, 0.6) is 0 Å². The van der Waals surface area contributed by atoms with Gasteiger partial charge in [0, 0.05) is 40.9 Å². The van der Waals surface area contributed by atoms with E-state index in [0.717, 1.165) is 21.1 Å². The van der Waals surface area contributed by atoms with Gasteiger partial charge in [0.2, 0.25) is 0 Å². The summed E-state index contributed by atoms with van der Waals surface area (Å²) in [5, 5.41) is 4.39. The average Bonchev–Trinajstić information content (AvgIpc) is 2.34. The lowest BCUT2D eigenvalue weighted by atomic mass is 10.0. The number of likely N-dealkylation sites (tertiary alicyclic amines) is 1. The molecule has 1 aliphatic rings. The third kappa shape index (κ3) is 4.66. The zero-order valence-electron chi connectivity index (χ0n) is 11.6. The third-order valence-corrected chi connectivity index (χ3v) is 4.39. The normalized spacial score (nSPS) is 17.9. The molecule has 0 atom stereocenters. The van der Waals surface area contributed by atoms with E-state index < -0.39 is 0 Å². The monoisotopic (exact) mass is 344 g/mol. The second kappa shape index (κ2) is 6.96. The number of nitrogens with one attached hydrogen (secondary N) is 1. The van der Waals surface area contributed by atoms with Crippen LogP contribution in [0.4, 0.5) is 5.69 Å². The van der Waals surface area contributed by atoms with E-state index >= 15 is 0 Å². The van der Waals surface area contributed by atoms with Gasteiger partial charge < -0.3 is 10.2 Å². The molecule has 1 saturated heterocycles. The van der Waals surface area contributed by atoms with Gasteiger partial charge in [-0.25, -0.2) is 0 Å². The maximum Gasteiger partial charge on any atom is 0.0487 e. The van der Waals surface area contributed by atoms with E-state index in [4.69, 9.17) is 11.6 Å². The van der Waals surface area contributed by atoms with Crippen LogP contribution in [0.2, 0.25) is 5.02 Å². The molecule has 1 N–H and O–H groups in total. The van der Waals surface area contributed by atoms with Gasteiger partial charge in [-0.15, -0.1) is 0 Å². The Morgan fingerprint density at radius 3 is 2.63 bits per heavy atom. The molecule has 2 nitrogen and oxygen atoms in total. The summed E-state index contributed by atoms with van der Waals surface area (Å²) in [7, 11) is 0. The first kappa shape index (κ1) is 15.1. The average molecular weight is 346 g/mol. The van der Waals surface area contributed by atoms with Gasteiger partial charge in [-0.2, -0.15) is 0 Å². The van der Waals surface area contributed by atoms with Crippen molar-refractivity contribution >= 4 is 33.2 Å². The summed E-state index contributed by atoms with van der Waals surface area (Å²) >= 11 is 9.52. The molecule has 4 heteroatoms. The quantitative estimate of drug-likeness (QED) is 0.855. The fraction of sp³-hybridized carbons (Fsp3) is 0.600. The van der Waals surface area contributed by atoms with Gasteiger partial charge in [0.1, 0.15) is 0 Å². The van der Waals surface area contributed by atoms with E-state index in [-0.39, 0.29) is 0 Å². The van der Waals surface area contributed by atoms with Crippen molar-refractivity contribution < 1.29 is 0 Å². The second-order valence-corrected chi connectivity index (χ2v) is 7.03. The Bertz CT molecular complexity index is 415. The highest BCUT2D eigenvalue weighted by Gasteiger charge is 2.19. The first-order valence-electron chi connectivity index (χ1n) is 6.98. The molecule has 1 aliphatic heterocycles. The molecular formula is C15H22BrClN2. The van der Waals surface area contributed by atoms with Crippen molar-refractivity contribution in [2.24, 2.45) is 5.92 Å². The maximum absolute atomic E-state index is 5.96. The number of benzene rings is 1. The van der Waals surface area contributed by atoms with E-state index in [0.29, 0.717) is 6.04 Å². The Morgan fingerprint density at radius 2 is 2.05 bits per heavy atom. The van der Waals surface area contributed by atoms with Crippen LogP contribution in [0.25, 0.3) is 0 Å². The molecule has 0 radical (unpaired) electrons. The van der Waals surface area contributed by atoms with Crippen LogP contribution in [0.1, 0.15) is 26.7 Å². The van der Waals surface area contributed by atoms with Crippen LogP contribution in [-0.2, 0) is 0 Å². The number of rotatable bonds is 4. The first-order valence-corrected chi connectivity index (χ1v) is 8.15. The number of anilines is 1. The predicted molar refractivity (Wildman–Crippen MR) is 87.1 cm³/mol. The van der Waals surface area contributed by atoms with E-state index in [1.165, 1.54) is 32.5 Å². The molecule has 1 aromatic rings. The van der Waals surface area contributed by atoms with Crippen LogP contribution in [-0.4, -0.2) is 30.6 Å². The van der Waals surface area contributed by atoms with Crippen molar-refractivity contribution in [1.82, 2.24) is 4.90 Å². The van der Waals surface area contributed by atoms with Gasteiger partial charge in [-0.3, -0.25) is 0 Å². The predicted octanol–water partition coefficient (Wildman–Crippen LogP) is 4.63. The number of hydrogen-bond donors (Lipinski definition) is 1. The fourth-order valence-electron chi connectivity index (χ4n) is 2.60. The highest BCUT2D eigenvalue weighted by Crippen LogP contribution is 2.28. The molecule has 0 saturated carbocycles. The summed E-state index contributed by atoms with van der Waals surface area (Å²) in [6, 6.07) is 6.49. The third-order valence-electron chi connectivity index (χ3n) is 3.50. The second-order valence-electron chi connectivity index (χ2n) is 5.74. The SMILES string of the molecule is CC(C)CN1CCC(Nc2ccc(Cl)cc2Br)CC1. The lowest BCUT2D eigenvalue weighted by molar-refractivity contribution is 0.198. The van der Waals surface area contributed by atoms with Gasteiger partial charge in [-0.1, -0.05) is 25.4 Å². The molecule has 2 rings (SSSR count). The smallest absolute Gasteiger partial charge is 0.0487 e. The Labute approximate surface area is 129 Å². The fourth-order valence-corrected chi connectivity index (χ4v) is 3.40. The van der Waals surface area contributed by atoms with Crippen molar-refractivity contribution in [2.75, 3.05) is 25.0 Å². The standard InChI is InChI=1S/C15H22BrClN2/c1-11(2)10-19-7-5-13(6-8-19)18-15-4-3-12(17)9-14(15)16/h3-4,9,11,13,18H,5-8,10H2,1-2H3. The zero-order valence-corrected chi connectivity index (χ0v) is 14.0. The molecule has 0 bridgehead atoms. The minimum Gasteiger partial charge on any atom is -0.381 e. The van der Waals surface area contributed by atoms with Crippen LogP contribution in [0.15, 0.2) is 22.7 Å². The molecule has 0 amide bonds. The maximum atomic E-state index is 5.96. The summed E-state index contributed by atoms with van der Waals surface area (Å²) in [6.45, 7) is 8.18. The van der Waals surface area contributed by atoms with Crippen LogP contribution in [0.3, 0.4) is 0 Å². The molecule has 1 heterocycles. The molecule has 106 valence electrons. The lowest BCUT2D eigenvalue weighted by Crippen LogP contribution is -2.40. The summed E-state index contributed by atoms with van der Waals surface area (Å²) < 4.78 is 1.05. The van der Waals surface area contributed by atoms with E-state index in [1.54, 1.807) is 0 Å². The van der Waals surface area contributed by atoms with Crippen molar-refractivity contribution in [1.29, 1.82) is 0 Å². The lowest BCUT2D eigenvalue weighted by Gasteiger charge is -2.34. The Hall–Kier alpha value is -0.250. The van der Waals surface area contributed by atoms with Crippen LogP contribution < -0.4 is 5.32 Å². The van der Waals surface area contributed by atoms with Crippen molar-refractivity contribution in [3.05, 3.63) is 27.7 Å². The first-order chi connectivity index (χ1) is 9.04.